The van der Waals surface area contributed by atoms with Gasteiger partial charge in [0, 0.05) is 25.6 Å². The zero-order valence-electron chi connectivity index (χ0n) is 14.9. The minimum Gasteiger partial charge on any atom is -0.493 e. The molecular formula is C22H24N2O2. The standard InChI is InChI=1S/C22H24N2O2/c23-15-17-5-7-19(8-6-17)26-20-9-12-24(13-10-20)16-18-11-14-25-22-4-2-1-3-21(18)22/h1-8,18,20H,9-14,16H2. The van der Waals surface area contributed by atoms with Crippen LogP contribution >= 0.6 is 0 Å². The van der Waals surface area contributed by atoms with Gasteiger partial charge in [-0.2, -0.15) is 5.26 Å². The highest BCUT2D eigenvalue weighted by atomic mass is 16.5. The maximum absolute atomic E-state index is 8.87. The van der Waals surface area contributed by atoms with Gasteiger partial charge in [0.1, 0.15) is 17.6 Å². The van der Waals surface area contributed by atoms with E-state index in [0.717, 1.165) is 57.0 Å². The third-order valence-electron chi connectivity index (χ3n) is 5.38. The van der Waals surface area contributed by atoms with Crippen LogP contribution in [0.25, 0.3) is 0 Å². The van der Waals surface area contributed by atoms with Crippen molar-refractivity contribution >= 4 is 0 Å². The predicted molar refractivity (Wildman–Crippen MR) is 101 cm³/mol. The highest BCUT2D eigenvalue weighted by molar-refractivity contribution is 5.38. The van der Waals surface area contributed by atoms with Crippen molar-refractivity contribution in [3.63, 3.8) is 0 Å². The molecule has 0 aliphatic carbocycles. The molecule has 134 valence electrons. The van der Waals surface area contributed by atoms with Crippen molar-refractivity contribution in [2.75, 3.05) is 26.2 Å². The van der Waals surface area contributed by atoms with E-state index in [1.165, 1.54) is 5.56 Å². The summed E-state index contributed by atoms with van der Waals surface area (Å²) in [6, 6.07) is 18.0. The highest BCUT2D eigenvalue weighted by Crippen LogP contribution is 2.34. The van der Waals surface area contributed by atoms with E-state index in [-0.39, 0.29) is 6.10 Å². The lowest BCUT2D eigenvalue weighted by atomic mass is 9.92. The molecule has 2 aromatic carbocycles. The first-order valence-corrected chi connectivity index (χ1v) is 9.43. The van der Waals surface area contributed by atoms with Gasteiger partial charge in [-0.25, -0.2) is 0 Å². The lowest BCUT2D eigenvalue weighted by Crippen LogP contribution is -2.40. The van der Waals surface area contributed by atoms with Gasteiger partial charge in [-0.05, 0) is 55.2 Å². The van der Waals surface area contributed by atoms with Gasteiger partial charge in [-0.3, -0.25) is 0 Å². The fourth-order valence-corrected chi connectivity index (χ4v) is 3.93. The minimum absolute atomic E-state index is 0.265. The van der Waals surface area contributed by atoms with Gasteiger partial charge in [0.05, 0.1) is 18.2 Å². The van der Waals surface area contributed by atoms with Crippen LogP contribution in [-0.2, 0) is 0 Å². The Morgan fingerprint density at radius 2 is 1.81 bits per heavy atom. The summed E-state index contributed by atoms with van der Waals surface area (Å²) >= 11 is 0. The first-order chi connectivity index (χ1) is 12.8. The molecule has 0 radical (unpaired) electrons. The van der Waals surface area contributed by atoms with Gasteiger partial charge < -0.3 is 14.4 Å². The number of nitrogens with zero attached hydrogens (tertiary/aromatic N) is 2. The van der Waals surface area contributed by atoms with Crippen molar-refractivity contribution in [3.8, 4) is 17.6 Å². The molecule has 0 N–H and O–H groups in total. The molecule has 2 heterocycles. The maximum atomic E-state index is 8.87. The average molecular weight is 348 g/mol. The van der Waals surface area contributed by atoms with Crippen LogP contribution in [0.4, 0.5) is 0 Å². The number of likely N-dealkylation sites (tertiary alicyclic amines) is 1. The summed E-state index contributed by atoms with van der Waals surface area (Å²) in [4.78, 5) is 2.56. The normalized spacial score (nSPS) is 20.7. The summed E-state index contributed by atoms with van der Waals surface area (Å²) in [7, 11) is 0. The molecule has 0 saturated carbocycles. The molecule has 4 nitrogen and oxygen atoms in total. The second-order valence-corrected chi connectivity index (χ2v) is 7.13. The largest absolute Gasteiger partial charge is 0.493 e. The first-order valence-electron chi connectivity index (χ1n) is 9.43. The van der Waals surface area contributed by atoms with Crippen LogP contribution in [0.1, 0.15) is 36.3 Å². The molecule has 0 aromatic heterocycles. The van der Waals surface area contributed by atoms with Crippen molar-refractivity contribution in [1.82, 2.24) is 4.90 Å². The Hall–Kier alpha value is -2.51. The fourth-order valence-electron chi connectivity index (χ4n) is 3.93. The van der Waals surface area contributed by atoms with E-state index in [2.05, 4.69) is 29.2 Å². The van der Waals surface area contributed by atoms with E-state index < -0.39 is 0 Å². The van der Waals surface area contributed by atoms with E-state index >= 15 is 0 Å². The highest BCUT2D eigenvalue weighted by Gasteiger charge is 2.26. The number of fused-ring (bicyclic) bond motifs is 1. The van der Waals surface area contributed by atoms with Crippen molar-refractivity contribution in [1.29, 1.82) is 5.26 Å². The van der Waals surface area contributed by atoms with Gasteiger partial charge >= 0.3 is 0 Å². The van der Waals surface area contributed by atoms with E-state index in [1.807, 2.05) is 30.3 Å². The number of nitriles is 1. The van der Waals surface area contributed by atoms with E-state index in [9.17, 15) is 0 Å². The smallest absolute Gasteiger partial charge is 0.122 e. The van der Waals surface area contributed by atoms with Crippen molar-refractivity contribution in [3.05, 3.63) is 59.7 Å². The first kappa shape index (κ1) is 16.9. The molecule has 0 spiro atoms. The summed E-state index contributed by atoms with van der Waals surface area (Å²) in [6.45, 7) is 4.06. The molecule has 1 unspecified atom stereocenters. The topological polar surface area (TPSA) is 45.5 Å². The van der Waals surface area contributed by atoms with Crippen LogP contribution in [0.2, 0.25) is 0 Å². The van der Waals surface area contributed by atoms with Gasteiger partial charge in [0.15, 0.2) is 0 Å². The van der Waals surface area contributed by atoms with Gasteiger partial charge in [-0.1, -0.05) is 18.2 Å². The number of ether oxygens (including phenoxy) is 2. The van der Waals surface area contributed by atoms with Gasteiger partial charge in [-0.15, -0.1) is 0 Å². The van der Waals surface area contributed by atoms with Crippen molar-refractivity contribution < 1.29 is 9.47 Å². The Morgan fingerprint density at radius 1 is 1.04 bits per heavy atom. The molecule has 2 aliphatic heterocycles. The lowest BCUT2D eigenvalue weighted by Gasteiger charge is -2.36. The molecule has 1 fully saturated rings. The Balaban J connectivity index is 1.29. The third kappa shape index (κ3) is 3.84. The average Bonchev–Trinajstić information content (AvgIpc) is 2.70. The quantitative estimate of drug-likeness (QED) is 0.839. The summed E-state index contributed by atoms with van der Waals surface area (Å²) in [6.07, 6.45) is 3.45. The summed E-state index contributed by atoms with van der Waals surface area (Å²) in [5.74, 6) is 2.49. The second kappa shape index (κ2) is 7.80. The predicted octanol–water partition coefficient (Wildman–Crippen LogP) is 3.97. The van der Waals surface area contributed by atoms with Crippen molar-refractivity contribution in [2.24, 2.45) is 0 Å². The fraction of sp³-hybridized carbons (Fsp3) is 0.409. The number of rotatable bonds is 4. The molecule has 1 saturated heterocycles. The molecule has 0 amide bonds. The zero-order chi connectivity index (χ0) is 17.8. The number of hydrogen-bond acceptors (Lipinski definition) is 4. The van der Waals surface area contributed by atoms with Crippen LogP contribution in [0.5, 0.6) is 11.5 Å². The Morgan fingerprint density at radius 3 is 2.58 bits per heavy atom. The van der Waals surface area contributed by atoms with E-state index in [4.69, 9.17) is 14.7 Å². The van der Waals surface area contributed by atoms with E-state index in [1.54, 1.807) is 0 Å². The molecule has 26 heavy (non-hydrogen) atoms. The molecular weight excluding hydrogens is 324 g/mol. The molecule has 2 aliphatic rings. The van der Waals surface area contributed by atoms with Crippen molar-refractivity contribution in [2.45, 2.75) is 31.3 Å². The molecule has 0 bridgehead atoms. The number of hydrogen-bond donors (Lipinski definition) is 0. The number of piperidine rings is 1. The van der Waals surface area contributed by atoms with E-state index in [0.29, 0.717) is 11.5 Å². The Kier molecular flexibility index (Phi) is 5.08. The number of benzene rings is 2. The SMILES string of the molecule is N#Cc1ccc(OC2CCN(CC3CCOc4ccccc43)CC2)cc1. The minimum atomic E-state index is 0.265. The molecule has 4 rings (SSSR count). The maximum Gasteiger partial charge on any atom is 0.122 e. The number of para-hydroxylation sites is 1. The second-order valence-electron chi connectivity index (χ2n) is 7.13. The summed E-state index contributed by atoms with van der Waals surface area (Å²) in [5.41, 5.74) is 2.03. The van der Waals surface area contributed by atoms with Crippen LogP contribution in [0.15, 0.2) is 48.5 Å². The van der Waals surface area contributed by atoms with Crippen LogP contribution < -0.4 is 9.47 Å². The zero-order valence-corrected chi connectivity index (χ0v) is 14.9. The third-order valence-corrected chi connectivity index (χ3v) is 5.38. The summed E-state index contributed by atoms with van der Waals surface area (Å²) in [5, 5.41) is 8.87. The van der Waals surface area contributed by atoms with Crippen LogP contribution in [0.3, 0.4) is 0 Å². The Bertz CT molecular complexity index is 773. The molecule has 2 aromatic rings. The van der Waals surface area contributed by atoms with Crippen LogP contribution in [0, 0.1) is 11.3 Å². The molecule has 1 atom stereocenters. The van der Waals surface area contributed by atoms with Crippen LogP contribution in [-0.4, -0.2) is 37.2 Å². The van der Waals surface area contributed by atoms with Gasteiger partial charge in [0.2, 0.25) is 0 Å². The lowest BCUT2D eigenvalue weighted by molar-refractivity contribution is 0.0932. The van der Waals surface area contributed by atoms with Gasteiger partial charge in [0.25, 0.3) is 0 Å². The Labute approximate surface area is 155 Å². The molecule has 4 heteroatoms. The summed E-state index contributed by atoms with van der Waals surface area (Å²) < 4.78 is 11.9. The monoisotopic (exact) mass is 348 g/mol.